The van der Waals surface area contributed by atoms with Gasteiger partial charge in [0.15, 0.2) is 12.6 Å². The maximum absolute atomic E-state index is 11.1. The van der Waals surface area contributed by atoms with E-state index in [1.165, 1.54) is 13.8 Å². The van der Waals surface area contributed by atoms with Gasteiger partial charge in [-0.05, 0) is 6.92 Å². The van der Waals surface area contributed by atoms with Crippen LogP contribution < -0.4 is 10.6 Å². The highest BCUT2D eigenvalue weighted by Crippen LogP contribution is 2.37. The molecule has 16 heteroatoms. The summed E-state index contributed by atoms with van der Waals surface area (Å²) >= 11 is 0. The Kier molecular flexibility index (Phi) is 9.05. The SMILES string of the molecule is CC(=O)N[C@H]1[C@H]2OC[C@](C(=O)O)(O2)[C@H](O)[C@@H]1O.CC(=O)N[C@H]1[C@H]2OC[C@](C)(O2)[C@H](O)[C@@H]1O.O=C=O. The molecule has 4 saturated heterocycles. The molecule has 4 rings (SSSR count). The van der Waals surface area contributed by atoms with Crippen LogP contribution in [0.3, 0.4) is 0 Å². The second kappa shape index (κ2) is 11.0. The number of carboxylic acid groups (broad SMARTS) is 1. The number of rotatable bonds is 3. The largest absolute Gasteiger partial charge is 0.479 e. The predicted molar refractivity (Wildman–Crippen MR) is 105 cm³/mol. The number of aliphatic hydroxyl groups is 4. The second-order valence-corrected chi connectivity index (χ2v) is 8.51. The lowest BCUT2D eigenvalue weighted by Gasteiger charge is -2.40. The molecule has 4 fully saturated rings. The lowest BCUT2D eigenvalue weighted by atomic mass is 9.88. The van der Waals surface area contributed by atoms with E-state index in [0.717, 1.165) is 0 Å². The Morgan fingerprint density at radius 3 is 1.71 bits per heavy atom. The van der Waals surface area contributed by atoms with Gasteiger partial charge >= 0.3 is 12.1 Å². The van der Waals surface area contributed by atoms with Gasteiger partial charge in [0.1, 0.15) is 42.1 Å². The number of carboxylic acids is 1. The number of carbonyl (C=O) groups excluding carboxylic acids is 4. The first-order chi connectivity index (χ1) is 16.2. The zero-order valence-electron chi connectivity index (χ0n) is 18.9. The summed E-state index contributed by atoms with van der Waals surface area (Å²) in [5.74, 6) is -2.15. The fourth-order valence-electron chi connectivity index (χ4n) is 4.09. The van der Waals surface area contributed by atoms with Crippen LogP contribution in [0.1, 0.15) is 20.8 Å². The van der Waals surface area contributed by atoms with Crippen molar-refractivity contribution < 1.29 is 68.5 Å². The van der Waals surface area contributed by atoms with Crippen LogP contribution in [0, 0.1) is 0 Å². The Morgan fingerprint density at radius 2 is 1.26 bits per heavy atom. The molecule has 4 bridgehead atoms. The monoisotopic (exact) mass is 508 g/mol. The number of carbonyl (C=O) groups is 3. The predicted octanol–water partition coefficient (Wildman–Crippen LogP) is -4.80. The number of amides is 2. The fourth-order valence-corrected chi connectivity index (χ4v) is 4.09. The quantitative estimate of drug-likeness (QED) is 0.189. The number of hydrogen-bond acceptors (Lipinski definition) is 13. The van der Waals surface area contributed by atoms with E-state index in [4.69, 9.17) is 33.6 Å². The average molecular weight is 508 g/mol. The molecule has 0 spiro atoms. The minimum Gasteiger partial charge on any atom is -0.479 e. The molecule has 198 valence electrons. The highest BCUT2D eigenvalue weighted by molar-refractivity contribution is 5.80. The van der Waals surface area contributed by atoms with Crippen molar-refractivity contribution in [3.05, 3.63) is 0 Å². The van der Waals surface area contributed by atoms with E-state index in [9.17, 15) is 34.8 Å². The first-order valence-electron chi connectivity index (χ1n) is 10.3. The van der Waals surface area contributed by atoms with Crippen molar-refractivity contribution in [2.45, 2.75) is 81.1 Å². The van der Waals surface area contributed by atoms with Gasteiger partial charge in [0, 0.05) is 13.8 Å². The standard InChI is InChI=1S/C9H13NO7.C9H15NO5.CO2/c1-3(11)10-4-5(12)6(13)9(8(14)15)2-16-7(4)17-9;1-4(11)10-5-6(12)7(13)9(2)3-14-8(5)15-9;2-1-3/h4-7,12-13H,2H2,1H3,(H,10,11)(H,14,15);5-8,12-13H,3H2,1-2H3,(H,10,11);/t4-,5-,6-,7+,9+;5-,6-,7-,8+,9+;/m11./s1. The summed E-state index contributed by atoms with van der Waals surface area (Å²) in [5, 5.41) is 53.1. The lowest BCUT2D eigenvalue weighted by molar-refractivity contribution is -0.231. The molecule has 2 amide bonds. The third-order valence-corrected chi connectivity index (χ3v) is 5.88. The molecule has 0 aromatic carbocycles. The topological polar surface area (TPSA) is 247 Å². The molecule has 4 aliphatic heterocycles. The molecular weight excluding hydrogens is 480 g/mol. The summed E-state index contributed by atoms with van der Waals surface area (Å²) in [6.07, 6.45) is -6.77. The molecule has 4 aliphatic rings. The Bertz CT molecular complexity index is 847. The van der Waals surface area contributed by atoms with Crippen molar-refractivity contribution >= 4 is 23.9 Å². The van der Waals surface area contributed by atoms with Gasteiger partial charge in [0.2, 0.25) is 17.4 Å². The molecule has 0 unspecified atom stereocenters. The number of fused-ring (bicyclic) bond motifs is 4. The smallest absolute Gasteiger partial charge is 0.373 e. The highest BCUT2D eigenvalue weighted by atomic mass is 16.8. The summed E-state index contributed by atoms with van der Waals surface area (Å²) in [7, 11) is 0. The van der Waals surface area contributed by atoms with E-state index in [2.05, 4.69) is 10.6 Å². The minimum atomic E-state index is -1.96. The third-order valence-electron chi connectivity index (χ3n) is 5.88. The summed E-state index contributed by atoms with van der Waals surface area (Å²) in [6.45, 7) is 4.08. The van der Waals surface area contributed by atoms with E-state index in [0.29, 0.717) is 0 Å². The number of hydrogen-bond donors (Lipinski definition) is 7. The van der Waals surface area contributed by atoms with Gasteiger partial charge in [-0.25, -0.2) is 4.79 Å². The van der Waals surface area contributed by atoms with Crippen molar-refractivity contribution in [3.63, 3.8) is 0 Å². The molecule has 0 saturated carbocycles. The summed E-state index contributed by atoms with van der Waals surface area (Å²) in [6, 6.07) is -1.70. The molecule has 0 radical (unpaired) electrons. The Labute approximate surface area is 198 Å². The molecular formula is C19H28N2O14. The van der Waals surface area contributed by atoms with Crippen LogP contribution >= 0.6 is 0 Å². The Hall–Kier alpha value is -2.53. The molecule has 0 aliphatic carbocycles. The van der Waals surface area contributed by atoms with Crippen molar-refractivity contribution in [2.75, 3.05) is 13.2 Å². The van der Waals surface area contributed by atoms with E-state index in [1.54, 1.807) is 6.92 Å². The van der Waals surface area contributed by atoms with E-state index in [-0.39, 0.29) is 25.3 Å². The molecule has 7 N–H and O–H groups in total. The van der Waals surface area contributed by atoms with Gasteiger partial charge in [-0.1, -0.05) is 0 Å². The molecule has 0 aromatic heterocycles. The zero-order valence-corrected chi connectivity index (χ0v) is 18.9. The van der Waals surface area contributed by atoms with Gasteiger partial charge in [-0.15, -0.1) is 0 Å². The molecule has 35 heavy (non-hydrogen) atoms. The van der Waals surface area contributed by atoms with Gasteiger partial charge in [0.05, 0.1) is 13.2 Å². The van der Waals surface area contributed by atoms with Crippen LogP contribution in [0.5, 0.6) is 0 Å². The van der Waals surface area contributed by atoms with Gasteiger partial charge in [0.25, 0.3) is 0 Å². The first kappa shape index (κ1) is 28.7. The van der Waals surface area contributed by atoms with Crippen LogP contribution in [-0.4, -0.2) is 123 Å². The van der Waals surface area contributed by atoms with Gasteiger partial charge in [-0.2, -0.15) is 9.59 Å². The minimum absolute atomic E-state index is 0.214. The number of aliphatic carboxylic acids is 1. The summed E-state index contributed by atoms with van der Waals surface area (Å²) < 4.78 is 20.9. The number of ether oxygens (including phenoxy) is 4. The van der Waals surface area contributed by atoms with Crippen LogP contribution in [0.25, 0.3) is 0 Å². The zero-order chi connectivity index (χ0) is 26.7. The van der Waals surface area contributed by atoms with Crippen molar-refractivity contribution in [1.29, 1.82) is 0 Å². The van der Waals surface area contributed by atoms with E-state index < -0.39 is 72.2 Å². The summed E-state index contributed by atoms with van der Waals surface area (Å²) in [4.78, 5) is 49.1. The summed E-state index contributed by atoms with van der Waals surface area (Å²) in [5.41, 5.74) is -2.84. The average Bonchev–Trinajstić information content (AvgIpc) is 3.36. The Morgan fingerprint density at radius 1 is 0.829 bits per heavy atom. The normalized spacial score (nSPS) is 42.8. The third kappa shape index (κ3) is 5.66. The van der Waals surface area contributed by atoms with Gasteiger partial charge in [-0.3, -0.25) is 9.59 Å². The molecule has 16 nitrogen and oxygen atoms in total. The highest BCUT2D eigenvalue weighted by Gasteiger charge is 2.63. The van der Waals surface area contributed by atoms with Crippen LogP contribution in [0.15, 0.2) is 0 Å². The molecule has 0 aromatic rings. The van der Waals surface area contributed by atoms with Crippen molar-refractivity contribution in [3.8, 4) is 0 Å². The van der Waals surface area contributed by atoms with Crippen molar-refractivity contribution in [2.24, 2.45) is 0 Å². The maximum Gasteiger partial charge on any atom is 0.373 e. The van der Waals surface area contributed by atoms with Crippen LogP contribution in [0.2, 0.25) is 0 Å². The Balaban J connectivity index is 0.000000223. The van der Waals surface area contributed by atoms with Gasteiger partial charge < -0.3 is 55.1 Å². The van der Waals surface area contributed by atoms with Crippen molar-refractivity contribution in [1.82, 2.24) is 10.6 Å². The molecule has 10 atom stereocenters. The van der Waals surface area contributed by atoms with E-state index in [1.807, 2.05) is 0 Å². The maximum atomic E-state index is 11.1. The van der Waals surface area contributed by atoms with E-state index >= 15 is 0 Å². The fraction of sp³-hybridized carbons (Fsp3) is 0.789. The number of nitrogens with one attached hydrogen (secondary N) is 2. The van der Waals surface area contributed by atoms with Crippen LogP contribution in [-0.2, 0) is 42.9 Å². The molecule has 4 heterocycles. The number of aliphatic hydroxyl groups excluding tert-OH is 4. The lowest BCUT2D eigenvalue weighted by Crippen LogP contribution is -2.67. The first-order valence-corrected chi connectivity index (χ1v) is 10.3. The second-order valence-electron chi connectivity index (χ2n) is 8.51. The van der Waals surface area contributed by atoms with Crippen LogP contribution in [0.4, 0.5) is 0 Å².